The molecule has 2 rings (SSSR count). The van der Waals surface area contributed by atoms with Crippen molar-refractivity contribution in [3.05, 3.63) is 46.3 Å². The second kappa shape index (κ2) is 6.05. The van der Waals surface area contributed by atoms with E-state index in [-0.39, 0.29) is 17.5 Å². The number of nitro benzene ring substituents is 1. The van der Waals surface area contributed by atoms with E-state index in [9.17, 15) is 10.1 Å². The van der Waals surface area contributed by atoms with Crippen molar-refractivity contribution < 1.29 is 14.2 Å². The minimum absolute atomic E-state index is 0.0503. The number of nitrogens with one attached hydrogen (secondary N) is 1. The fourth-order valence-corrected chi connectivity index (χ4v) is 1.64. The second-order valence-corrected chi connectivity index (χ2v) is 4.45. The highest BCUT2D eigenvalue weighted by molar-refractivity contribution is 5.58. The number of rotatable bonds is 6. The Balaban J connectivity index is 2.15. The first-order chi connectivity index (χ1) is 9.56. The molecule has 106 valence electrons. The van der Waals surface area contributed by atoms with Crippen LogP contribution in [0.4, 0.5) is 11.4 Å². The summed E-state index contributed by atoms with van der Waals surface area (Å²) in [6.45, 7) is 4.11. The van der Waals surface area contributed by atoms with Crippen molar-refractivity contribution in [2.45, 2.75) is 26.5 Å². The average molecular weight is 277 g/mol. The van der Waals surface area contributed by atoms with Crippen LogP contribution in [-0.4, -0.2) is 16.2 Å². The summed E-state index contributed by atoms with van der Waals surface area (Å²) in [6, 6.07) is 6.40. The number of ether oxygens (including phenoxy) is 1. The van der Waals surface area contributed by atoms with Crippen LogP contribution in [0.2, 0.25) is 0 Å². The van der Waals surface area contributed by atoms with Gasteiger partial charge in [-0.2, -0.15) is 0 Å². The van der Waals surface area contributed by atoms with Crippen LogP contribution in [-0.2, 0) is 6.54 Å². The highest BCUT2D eigenvalue weighted by Crippen LogP contribution is 2.31. The van der Waals surface area contributed by atoms with Gasteiger partial charge in [0.25, 0.3) is 0 Å². The van der Waals surface area contributed by atoms with Gasteiger partial charge >= 0.3 is 5.69 Å². The Bertz CT molecular complexity index is 581. The molecule has 1 heterocycles. The van der Waals surface area contributed by atoms with Crippen LogP contribution < -0.4 is 10.1 Å². The molecule has 0 unspecified atom stereocenters. The standard InChI is InChI=1S/C13H15N3O4/c1-9(2)20-13-7-10(3-4-12(13)16(17)18)14-8-11-5-6-19-15-11/h3-7,9,14H,8H2,1-2H3. The van der Waals surface area contributed by atoms with Gasteiger partial charge in [-0.25, -0.2) is 0 Å². The van der Waals surface area contributed by atoms with Crippen molar-refractivity contribution in [2.24, 2.45) is 0 Å². The predicted octanol–water partition coefficient (Wildman–Crippen LogP) is 2.98. The first-order valence-corrected chi connectivity index (χ1v) is 6.14. The van der Waals surface area contributed by atoms with E-state index in [4.69, 9.17) is 9.26 Å². The van der Waals surface area contributed by atoms with Crippen LogP contribution in [0.1, 0.15) is 19.5 Å². The van der Waals surface area contributed by atoms with E-state index >= 15 is 0 Å². The Hall–Kier alpha value is -2.57. The Labute approximate surface area is 115 Å². The maximum atomic E-state index is 10.9. The van der Waals surface area contributed by atoms with Gasteiger partial charge in [-0.15, -0.1) is 0 Å². The quantitative estimate of drug-likeness (QED) is 0.644. The van der Waals surface area contributed by atoms with E-state index in [0.29, 0.717) is 12.2 Å². The smallest absolute Gasteiger partial charge is 0.311 e. The van der Waals surface area contributed by atoms with Crippen LogP contribution in [0.5, 0.6) is 5.75 Å². The molecule has 1 N–H and O–H groups in total. The van der Waals surface area contributed by atoms with E-state index in [1.807, 2.05) is 13.8 Å². The normalized spacial score (nSPS) is 10.6. The SMILES string of the molecule is CC(C)Oc1cc(NCc2ccon2)ccc1[N+](=O)[O-]. The lowest BCUT2D eigenvalue weighted by molar-refractivity contribution is -0.386. The molecule has 0 bridgehead atoms. The van der Waals surface area contributed by atoms with Crippen LogP contribution >= 0.6 is 0 Å². The summed E-state index contributed by atoms with van der Waals surface area (Å²) in [5.41, 5.74) is 1.41. The summed E-state index contributed by atoms with van der Waals surface area (Å²) in [6.07, 6.45) is 1.35. The summed E-state index contributed by atoms with van der Waals surface area (Å²) in [5.74, 6) is 0.246. The van der Waals surface area contributed by atoms with Crippen molar-refractivity contribution in [2.75, 3.05) is 5.32 Å². The molecule has 0 amide bonds. The van der Waals surface area contributed by atoms with Crippen LogP contribution in [0.15, 0.2) is 35.1 Å². The Morgan fingerprint density at radius 3 is 2.85 bits per heavy atom. The largest absolute Gasteiger partial charge is 0.484 e. The van der Waals surface area contributed by atoms with Crippen LogP contribution in [0, 0.1) is 10.1 Å². The summed E-state index contributed by atoms with van der Waals surface area (Å²) in [5, 5.41) is 17.8. The van der Waals surface area contributed by atoms with Gasteiger partial charge < -0.3 is 14.6 Å². The maximum Gasteiger partial charge on any atom is 0.311 e. The Kier molecular flexibility index (Phi) is 4.19. The van der Waals surface area contributed by atoms with Gasteiger partial charge in [-0.05, 0) is 19.9 Å². The molecule has 1 aromatic heterocycles. The third-order valence-electron chi connectivity index (χ3n) is 2.48. The third-order valence-corrected chi connectivity index (χ3v) is 2.48. The zero-order valence-corrected chi connectivity index (χ0v) is 11.2. The van der Waals surface area contributed by atoms with E-state index in [1.165, 1.54) is 12.3 Å². The fraction of sp³-hybridized carbons (Fsp3) is 0.308. The molecule has 7 nitrogen and oxygen atoms in total. The molecule has 0 aliphatic rings. The van der Waals surface area contributed by atoms with Gasteiger partial charge in [-0.1, -0.05) is 5.16 Å². The highest BCUT2D eigenvalue weighted by Gasteiger charge is 2.16. The van der Waals surface area contributed by atoms with Gasteiger partial charge in [0.2, 0.25) is 0 Å². The lowest BCUT2D eigenvalue weighted by Crippen LogP contribution is -2.08. The number of nitrogens with zero attached hydrogens (tertiary/aromatic N) is 2. The van der Waals surface area contributed by atoms with Gasteiger partial charge in [0.15, 0.2) is 5.75 Å². The highest BCUT2D eigenvalue weighted by atomic mass is 16.6. The molecule has 0 aliphatic carbocycles. The van der Waals surface area contributed by atoms with Crippen molar-refractivity contribution >= 4 is 11.4 Å². The van der Waals surface area contributed by atoms with E-state index < -0.39 is 4.92 Å². The average Bonchev–Trinajstić information content (AvgIpc) is 2.88. The van der Waals surface area contributed by atoms with E-state index in [1.54, 1.807) is 18.2 Å². The molecule has 0 saturated carbocycles. The van der Waals surface area contributed by atoms with Crippen molar-refractivity contribution in [1.82, 2.24) is 5.16 Å². The molecule has 7 heteroatoms. The molecule has 0 atom stereocenters. The topological polar surface area (TPSA) is 90.4 Å². The van der Waals surface area contributed by atoms with Gasteiger partial charge in [-0.3, -0.25) is 10.1 Å². The van der Waals surface area contributed by atoms with Crippen LogP contribution in [0.25, 0.3) is 0 Å². The van der Waals surface area contributed by atoms with Crippen molar-refractivity contribution in [1.29, 1.82) is 0 Å². The molecule has 0 fully saturated rings. The predicted molar refractivity (Wildman–Crippen MR) is 72.7 cm³/mol. The molecule has 1 aromatic carbocycles. The summed E-state index contributed by atoms with van der Waals surface area (Å²) < 4.78 is 10.2. The summed E-state index contributed by atoms with van der Waals surface area (Å²) >= 11 is 0. The molecule has 20 heavy (non-hydrogen) atoms. The number of benzene rings is 1. The first kappa shape index (κ1) is 13.9. The van der Waals surface area contributed by atoms with E-state index in [0.717, 1.165) is 5.69 Å². The van der Waals surface area contributed by atoms with Crippen LogP contribution in [0.3, 0.4) is 0 Å². The van der Waals surface area contributed by atoms with Crippen molar-refractivity contribution in [3.8, 4) is 5.75 Å². The molecule has 2 aromatic rings. The van der Waals surface area contributed by atoms with Gasteiger partial charge in [0.1, 0.15) is 12.0 Å². The number of aromatic nitrogens is 1. The van der Waals surface area contributed by atoms with Crippen molar-refractivity contribution in [3.63, 3.8) is 0 Å². The molecule has 0 spiro atoms. The zero-order valence-electron chi connectivity index (χ0n) is 11.2. The van der Waals surface area contributed by atoms with Gasteiger partial charge in [0.05, 0.1) is 17.6 Å². The fourth-order valence-electron chi connectivity index (χ4n) is 1.64. The third kappa shape index (κ3) is 3.47. The monoisotopic (exact) mass is 277 g/mol. The number of nitro groups is 1. The summed E-state index contributed by atoms with van der Waals surface area (Å²) in [7, 11) is 0. The number of hydrogen-bond donors (Lipinski definition) is 1. The Morgan fingerprint density at radius 2 is 2.25 bits per heavy atom. The second-order valence-electron chi connectivity index (χ2n) is 4.45. The minimum atomic E-state index is -0.459. The molecular formula is C13H15N3O4. The maximum absolute atomic E-state index is 10.9. The molecule has 0 aliphatic heterocycles. The molecular weight excluding hydrogens is 262 g/mol. The number of hydrogen-bond acceptors (Lipinski definition) is 6. The molecule has 0 radical (unpaired) electrons. The van der Waals surface area contributed by atoms with E-state index in [2.05, 4.69) is 10.5 Å². The lowest BCUT2D eigenvalue weighted by Gasteiger charge is -2.12. The van der Waals surface area contributed by atoms with Gasteiger partial charge in [0, 0.05) is 23.9 Å². The molecule has 0 saturated heterocycles. The number of anilines is 1. The summed E-state index contributed by atoms with van der Waals surface area (Å²) in [4.78, 5) is 10.5. The zero-order chi connectivity index (χ0) is 14.5. The lowest BCUT2D eigenvalue weighted by atomic mass is 10.2. The Morgan fingerprint density at radius 1 is 1.45 bits per heavy atom. The minimum Gasteiger partial charge on any atom is -0.484 e. The first-order valence-electron chi connectivity index (χ1n) is 6.14.